The molecule has 0 spiro atoms. The van der Waals surface area contributed by atoms with Gasteiger partial charge in [-0.05, 0) is 37.5 Å². The Hall–Kier alpha value is -0.960. The monoisotopic (exact) mass is 427 g/mol. The highest BCUT2D eigenvalue weighted by Gasteiger charge is 2.05. The van der Waals surface area contributed by atoms with Crippen LogP contribution in [0.4, 0.5) is 8.78 Å². The van der Waals surface area contributed by atoms with Crippen molar-refractivity contribution in [2.45, 2.75) is 25.8 Å². The van der Waals surface area contributed by atoms with E-state index in [1.807, 2.05) is 0 Å². The summed E-state index contributed by atoms with van der Waals surface area (Å²) >= 11 is 0. The van der Waals surface area contributed by atoms with Gasteiger partial charge in [-0.1, -0.05) is 0 Å². The number of hydrogen-bond donors (Lipinski definition) is 2. The van der Waals surface area contributed by atoms with Crippen LogP contribution in [0.3, 0.4) is 0 Å². The molecule has 22 heavy (non-hydrogen) atoms. The van der Waals surface area contributed by atoms with Crippen molar-refractivity contribution in [3.05, 3.63) is 35.4 Å². The molecule has 0 saturated heterocycles. The lowest BCUT2D eigenvalue weighted by molar-refractivity contribution is 0.192. The second kappa shape index (κ2) is 12.6. The van der Waals surface area contributed by atoms with E-state index < -0.39 is 11.6 Å². The molecule has 0 amide bonds. The van der Waals surface area contributed by atoms with Crippen LogP contribution in [0.15, 0.2) is 23.2 Å². The van der Waals surface area contributed by atoms with Crippen molar-refractivity contribution in [3.8, 4) is 0 Å². The van der Waals surface area contributed by atoms with Gasteiger partial charge in [-0.2, -0.15) is 0 Å². The van der Waals surface area contributed by atoms with Crippen LogP contribution < -0.4 is 10.6 Å². The highest BCUT2D eigenvalue weighted by molar-refractivity contribution is 14.0. The minimum atomic E-state index is -0.450. The lowest BCUT2D eigenvalue weighted by atomic mass is 10.2. The molecule has 7 heteroatoms. The maximum atomic E-state index is 13.5. The summed E-state index contributed by atoms with van der Waals surface area (Å²) in [7, 11) is 3.33. The highest BCUT2D eigenvalue weighted by atomic mass is 127. The fourth-order valence-corrected chi connectivity index (χ4v) is 1.83. The normalized spacial score (nSPS) is 11.0. The number of halogens is 3. The molecule has 1 aromatic rings. The van der Waals surface area contributed by atoms with Gasteiger partial charge in [-0.3, -0.25) is 4.99 Å². The first-order valence-electron chi connectivity index (χ1n) is 7.04. The van der Waals surface area contributed by atoms with E-state index in [0.29, 0.717) is 5.96 Å². The maximum Gasteiger partial charge on any atom is 0.191 e. The number of unbranched alkanes of at least 4 members (excludes halogenated alkanes) is 2. The Morgan fingerprint density at radius 3 is 2.64 bits per heavy atom. The predicted octanol–water partition coefficient (Wildman–Crippen LogP) is 3.06. The molecule has 0 aliphatic heterocycles. The number of ether oxygens (including phenoxy) is 1. The van der Waals surface area contributed by atoms with Gasteiger partial charge in [0.25, 0.3) is 0 Å². The topological polar surface area (TPSA) is 45.7 Å². The van der Waals surface area contributed by atoms with Crippen molar-refractivity contribution in [1.29, 1.82) is 0 Å². The molecule has 4 nitrogen and oxygen atoms in total. The first kappa shape index (κ1) is 21.0. The smallest absolute Gasteiger partial charge is 0.191 e. The van der Waals surface area contributed by atoms with Crippen LogP contribution in [0.5, 0.6) is 0 Å². The fourth-order valence-electron chi connectivity index (χ4n) is 1.83. The maximum absolute atomic E-state index is 13.5. The van der Waals surface area contributed by atoms with E-state index in [2.05, 4.69) is 15.6 Å². The first-order valence-corrected chi connectivity index (χ1v) is 7.04. The molecule has 0 unspecified atom stereocenters. The van der Waals surface area contributed by atoms with Crippen molar-refractivity contribution in [2.24, 2.45) is 4.99 Å². The highest BCUT2D eigenvalue weighted by Crippen LogP contribution is 2.09. The zero-order valence-corrected chi connectivity index (χ0v) is 15.3. The summed E-state index contributed by atoms with van der Waals surface area (Å²) in [6, 6.07) is 3.41. The third kappa shape index (κ3) is 8.47. The second-order valence-electron chi connectivity index (χ2n) is 4.64. The average Bonchev–Trinajstić information content (AvgIpc) is 2.49. The SMILES string of the molecule is CN=C(NCCCCCOC)NCc1cc(F)ccc1F.I. The van der Waals surface area contributed by atoms with Gasteiger partial charge in [-0.15, -0.1) is 24.0 Å². The number of aliphatic imine (C=N–C) groups is 1. The van der Waals surface area contributed by atoms with Gasteiger partial charge in [0.05, 0.1) is 0 Å². The molecule has 126 valence electrons. The van der Waals surface area contributed by atoms with Crippen LogP contribution >= 0.6 is 24.0 Å². The lowest BCUT2D eigenvalue weighted by Crippen LogP contribution is -2.37. The Bertz CT molecular complexity index is 458. The number of hydrogen-bond acceptors (Lipinski definition) is 2. The van der Waals surface area contributed by atoms with Crippen LogP contribution in [0.2, 0.25) is 0 Å². The molecule has 0 bridgehead atoms. The molecular formula is C15H24F2IN3O. The van der Waals surface area contributed by atoms with Crippen molar-refractivity contribution in [1.82, 2.24) is 10.6 Å². The van der Waals surface area contributed by atoms with Crippen LogP contribution in [0, 0.1) is 11.6 Å². The zero-order valence-electron chi connectivity index (χ0n) is 13.0. The number of rotatable bonds is 8. The molecule has 0 heterocycles. The van der Waals surface area contributed by atoms with Gasteiger partial charge < -0.3 is 15.4 Å². The number of methoxy groups -OCH3 is 1. The molecular weight excluding hydrogens is 403 g/mol. The Morgan fingerprint density at radius 1 is 1.18 bits per heavy atom. The number of nitrogens with zero attached hydrogens (tertiary/aromatic N) is 1. The summed E-state index contributed by atoms with van der Waals surface area (Å²) in [6.45, 7) is 1.73. The standard InChI is InChI=1S/C15H23F2N3O.HI/c1-18-15(19-8-4-3-5-9-21-2)20-11-12-10-13(16)6-7-14(12)17;/h6-7,10H,3-5,8-9,11H2,1-2H3,(H2,18,19,20);1H. The third-order valence-electron chi connectivity index (χ3n) is 3.00. The molecule has 0 fully saturated rings. The molecule has 0 saturated carbocycles. The van der Waals surface area contributed by atoms with E-state index in [1.54, 1.807) is 14.2 Å². The van der Waals surface area contributed by atoms with E-state index in [0.717, 1.165) is 44.5 Å². The van der Waals surface area contributed by atoms with Crippen molar-refractivity contribution >= 4 is 29.9 Å². The molecule has 1 aromatic carbocycles. The zero-order chi connectivity index (χ0) is 15.5. The second-order valence-corrected chi connectivity index (χ2v) is 4.64. The van der Waals surface area contributed by atoms with Gasteiger partial charge >= 0.3 is 0 Å². The summed E-state index contributed by atoms with van der Waals surface area (Å²) in [5.41, 5.74) is 0.276. The van der Waals surface area contributed by atoms with Gasteiger partial charge in [0, 0.05) is 39.4 Å². The van der Waals surface area contributed by atoms with Crippen molar-refractivity contribution in [2.75, 3.05) is 27.3 Å². The van der Waals surface area contributed by atoms with Crippen molar-refractivity contribution < 1.29 is 13.5 Å². The number of nitrogens with one attached hydrogen (secondary N) is 2. The molecule has 0 aliphatic carbocycles. The number of benzene rings is 1. The summed E-state index contributed by atoms with van der Waals surface area (Å²) < 4.78 is 31.5. The summed E-state index contributed by atoms with van der Waals surface area (Å²) in [5, 5.41) is 6.10. The summed E-state index contributed by atoms with van der Waals surface area (Å²) in [6.07, 6.45) is 3.09. The Balaban J connectivity index is 0.00000441. The predicted molar refractivity (Wildman–Crippen MR) is 95.7 cm³/mol. The van der Waals surface area contributed by atoms with Gasteiger partial charge in [-0.25, -0.2) is 8.78 Å². The van der Waals surface area contributed by atoms with E-state index in [-0.39, 0.29) is 36.1 Å². The summed E-state index contributed by atoms with van der Waals surface area (Å²) in [5.74, 6) is -0.307. The lowest BCUT2D eigenvalue weighted by Gasteiger charge is -2.12. The average molecular weight is 427 g/mol. The Labute approximate surface area is 147 Å². The molecule has 2 N–H and O–H groups in total. The van der Waals surface area contributed by atoms with Gasteiger partial charge in [0.2, 0.25) is 0 Å². The van der Waals surface area contributed by atoms with Gasteiger partial charge in [0.15, 0.2) is 5.96 Å². The molecule has 0 atom stereocenters. The van der Waals surface area contributed by atoms with Gasteiger partial charge in [0.1, 0.15) is 11.6 Å². The third-order valence-corrected chi connectivity index (χ3v) is 3.00. The van der Waals surface area contributed by atoms with E-state index >= 15 is 0 Å². The Morgan fingerprint density at radius 2 is 1.95 bits per heavy atom. The van der Waals surface area contributed by atoms with Crippen LogP contribution in [0.25, 0.3) is 0 Å². The molecule has 0 aromatic heterocycles. The van der Waals surface area contributed by atoms with E-state index in [4.69, 9.17) is 4.74 Å². The molecule has 0 aliphatic rings. The van der Waals surface area contributed by atoms with Crippen molar-refractivity contribution in [3.63, 3.8) is 0 Å². The quantitative estimate of drug-likeness (QED) is 0.290. The van der Waals surface area contributed by atoms with Crippen LogP contribution in [-0.4, -0.2) is 33.3 Å². The first-order chi connectivity index (χ1) is 10.2. The minimum Gasteiger partial charge on any atom is -0.385 e. The fraction of sp³-hybridized carbons (Fsp3) is 0.533. The molecule has 0 radical (unpaired) electrons. The Kier molecular flexibility index (Phi) is 12.0. The van der Waals surface area contributed by atoms with E-state index in [1.165, 1.54) is 6.07 Å². The van der Waals surface area contributed by atoms with Crippen LogP contribution in [-0.2, 0) is 11.3 Å². The molecule has 1 rings (SSSR count). The van der Waals surface area contributed by atoms with Crippen LogP contribution in [0.1, 0.15) is 24.8 Å². The largest absolute Gasteiger partial charge is 0.385 e. The minimum absolute atomic E-state index is 0. The number of guanidine groups is 1. The summed E-state index contributed by atoms with van der Waals surface area (Å²) in [4.78, 5) is 4.04. The van der Waals surface area contributed by atoms with E-state index in [9.17, 15) is 8.78 Å².